The van der Waals surface area contributed by atoms with E-state index in [1.807, 2.05) is 17.1 Å². The van der Waals surface area contributed by atoms with Crippen LogP contribution in [-0.4, -0.2) is 72.0 Å². The molecule has 4 aliphatic rings. The monoisotopic (exact) mass is 347 g/mol. The van der Waals surface area contributed by atoms with Crippen molar-refractivity contribution in [2.45, 2.75) is 32.0 Å². The average molecular weight is 347 g/mol. The quantitative estimate of drug-likeness (QED) is 0.713. The SMILES string of the molecule is CC(C)CCN1C[C@@]23C=C[C@@H](O2)C(C(=O)N2CCNC(=O)C2)C3C1=O. The molecule has 25 heavy (non-hydrogen) atoms. The van der Waals surface area contributed by atoms with E-state index >= 15 is 0 Å². The zero-order valence-electron chi connectivity index (χ0n) is 14.7. The van der Waals surface area contributed by atoms with E-state index in [2.05, 4.69) is 19.2 Å². The molecular weight excluding hydrogens is 322 g/mol. The summed E-state index contributed by atoms with van der Waals surface area (Å²) in [6, 6.07) is 0. The summed E-state index contributed by atoms with van der Waals surface area (Å²) in [4.78, 5) is 41.1. The molecule has 1 N–H and O–H groups in total. The lowest BCUT2D eigenvalue weighted by molar-refractivity contribution is -0.146. The minimum absolute atomic E-state index is 0.0207. The summed E-state index contributed by atoms with van der Waals surface area (Å²) >= 11 is 0. The molecular formula is C18H25N3O4. The number of nitrogens with one attached hydrogen (secondary N) is 1. The van der Waals surface area contributed by atoms with Crippen molar-refractivity contribution in [1.29, 1.82) is 0 Å². The van der Waals surface area contributed by atoms with Gasteiger partial charge in [0.05, 0.1) is 31.0 Å². The average Bonchev–Trinajstić information content (AvgIpc) is 3.20. The van der Waals surface area contributed by atoms with Gasteiger partial charge >= 0.3 is 0 Å². The maximum absolute atomic E-state index is 13.1. The van der Waals surface area contributed by atoms with Crippen LogP contribution < -0.4 is 5.32 Å². The number of fused-ring (bicyclic) bond motifs is 1. The molecule has 4 rings (SSSR count). The minimum atomic E-state index is -0.656. The van der Waals surface area contributed by atoms with Gasteiger partial charge in [-0.05, 0) is 12.3 Å². The molecule has 3 saturated heterocycles. The fourth-order valence-corrected chi connectivity index (χ4v) is 4.50. The van der Waals surface area contributed by atoms with Crippen molar-refractivity contribution >= 4 is 17.7 Å². The van der Waals surface area contributed by atoms with Gasteiger partial charge in [0.1, 0.15) is 5.60 Å². The third-order valence-electron chi connectivity index (χ3n) is 5.79. The van der Waals surface area contributed by atoms with Crippen LogP contribution in [0, 0.1) is 17.8 Å². The van der Waals surface area contributed by atoms with Crippen LogP contribution in [0.4, 0.5) is 0 Å². The van der Waals surface area contributed by atoms with Gasteiger partial charge in [-0.15, -0.1) is 0 Å². The van der Waals surface area contributed by atoms with E-state index in [0.717, 1.165) is 6.42 Å². The van der Waals surface area contributed by atoms with E-state index in [1.165, 1.54) is 0 Å². The highest BCUT2D eigenvalue weighted by Crippen LogP contribution is 2.52. The van der Waals surface area contributed by atoms with Gasteiger partial charge in [-0.25, -0.2) is 0 Å². The fraction of sp³-hybridized carbons (Fsp3) is 0.722. The number of likely N-dealkylation sites (tertiary alicyclic amines) is 1. The maximum atomic E-state index is 13.1. The number of nitrogens with zero attached hydrogens (tertiary/aromatic N) is 2. The Labute approximate surface area is 147 Å². The summed E-state index contributed by atoms with van der Waals surface area (Å²) in [5.41, 5.74) is -0.656. The Morgan fingerprint density at radius 2 is 2.24 bits per heavy atom. The van der Waals surface area contributed by atoms with Gasteiger partial charge < -0.3 is 19.9 Å². The van der Waals surface area contributed by atoms with Gasteiger partial charge in [-0.3, -0.25) is 14.4 Å². The molecule has 3 amide bonds. The Hall–Kier alpha value is -1.89. The third kappa shape index (κ3) is 2.56. The van der Waals surface area contributed by atoms with Crippen molar-refractivity contribution in [2.24, 2.45) is 17.8 Å². The second kappa shape index (κ2) is 5.83. The Kier molecular flexibility index (Phi) is 3.86. The summed E-state index contributed by atoms with van der Waals surface area (Å²) in [6.45, 7) is 6.51. The molecule has 4 aliphatic heterocycles. The number of carbonyl (C=O) groups excluding carboxylic acids is 3. The molecule has 7 heteroatoms. The molecule has 0 aromatic rings. The predicted octanol–water partition coefficient (Wildman–Crippen LogP) is -0.227. The number of hydrogen-bond donors (Lipinski definition) is 1. The lowest BCUT2D eigenvalue weighted by Crippen LogP contribution is -2.54. The van der Waals surface area contributed by atoms with Gasteiger partial charge in [0.15, 0.2) is 0 Å². The molecule has 0 aliphatic carbocycles. The van der Waals surface area contributed by atoms with E-state index < -0.39 is 17.4 Å². The van der Waals surface area contributed by atoms with Crippen LogP contribution in [0.15, 0.2) is 12.2 Å². The number of rotatable bonds is 4. The Morgan fingerprint density at radius 3 is 2.96 bits per heavy atom. The smallest absolute Gasteiger partial charge is 0.239 e. The van der Waals surface area contributed by atoms with E-state index in [-0.39, 0.29) is 30.4 Å². The molecule has 7 nitrogen and oxygen atoms in total. The highest BCUT2D eigenvalue weighted by atomic mass is 16.5. The van der Waals surface area contributed by atoms with Crippen LogP contribution >= 0.6 is 0 Å². The van der Waals surface area contributed by atoms with Crippen molar-refractivity contribution in [3.05, 3.63) is 12.2 Å². The van der Waals surface area contributed by atoms with Crippen LogP contribution in [0.25, 0.3) is 0 Å². The van der Waals surface area contributed by atoms with Crippen molar-refractivity contribution in [2.75, 3.05) is 32.7 Å². The van der Waals surface area contributed by atoms with E-state index in [4.69, 9.17) is 4.74 Å². The number of hydrogen-bond acceptors (Lipinski definition) is 4. The van der Waals surface area contributed by atoms with Crippen molar-refractivity contribution in [3.63, 3.8) is 0 Å². The van der Waals surface area contributed by atoms with Crippen LogP contribution in [0.5, 0.6) is 0 Å². The maximum Gasteiger partial charge on any atom is 0.239 e. The second-order valence-electron chi connectivity index (χ2n) is 7.95. The highest BCUT2D eigenvalue weighted by Gasteiger charge is 2.67. The number of piperazine rings is 1. The first-order valence-corrected chi connectivity index (χ1v) is 9.13. The highest BCUT2D eigenvalue weighted by molar-refractivity contribution is 5.94. The predicted molar refractivity (Wildman–Crippen MR) is 89.3 cm³/mol. The molecule has 0 saturated carbocycles. The number of amides is 3. The largest absolute Gasteiger partial charge is 0.360 e. The first-order valence-electron chi connectivity index (χ1n) is 9.13. The topological polar surface area (TPSA) is 79.0 Å². The lowest BCUT2D eigenvalue weighted by Gasteiger charge is -2.32. The summed E-state index contributed by atoms with van der Waals surface area (Å²) < 4.78 is 6.12. The van der Waals surface area contributed by atoms with Gasteiger partial charge in [0, 0.05) is 19.6 Å². The third-order valence-corrected chi connectivity index (χ3v) is 5.79. The molecule has 4 atom stereocenters. The zero-order valence-corrected chi connectivity index (χ0v) is 14.7. The Morgan fingerprint density at radius 1 is 1.44 bits per heavy atom. The Bertz CT molecular complexity index is 646. The fourth-order valence-electron chi connectivity index (χ4n) is 4.50. The molecule has 0 aromatic carbocycles. The molecule has 4 heterocycles. The van der Waals surface area contributed by atoms with Crippen molar-refractivity contribution < 1.29 is 19.1 Å². The number of carbonyl (C=O) groups is 3. The first-order chi connectivity index (χ1) is 11.9. The summed E-state index contributed by atoms with van der Waals surface area (Å²) in [5.74, 6) is -0.699. The van der Waals surface area contributed by atoms with Crippen molar-refractivity contribution in [1.82, 2.24) is 15.1 Å². The molecule has 2 unspecified atom stereocenters. The van der Waals surface area contributed by atoms with E-state index in [1.54, 1.807) is 4.90 Å². The van der Waals surface area contributed by atoms with Crippen LogP contribution in [0.2, 0.25) is 0 Å². The van der Waals surface area contributed by atoms with E-state index in [0.29, 0.717) is 32.1 Å². The van der Waals surface area contributed by atoms with Crippen LogP contribution in [0.1, 0.15) is 20.3 Å². The zero-order chi connectivity index (χ0) is 17.8. The molecule has 3 fully saturated rings. The second-order valence-corrected chi connectivity index (χ2v) is 7.95. The van der Waals surface area contributed by atoms with Gasteiger partial charge in [-0.2, -0.15) is 0 Å². The van der Waals surface area contributed by atoms with Gasteiger partial charge in [-0.1, -0.05) is 26.0 Å². The Balaban J connectivity index is 1.54. The van der Waals surface area contributed by atoms with E-state index in [9.17, 15) is 14.4 Å². The molecule has 0 radical (unpaired) electrons. The molecule has 0 aromatic heterocycles. The molecule has 136 valence electrons. The summed E-state index contributed by atoms with van der Waals surface area (Å²) in [5, 5.41) is 2.73. The van der Waals surface area contributed by atoms with Crippen LogP contribution in [-0.2, 0) is 19.1 Å². The summed E-state index contributed by atoms with van der Waals surface area (Å²) in [6.07, 6.45) is 4.48. The number of ether oxygens (including phenoxy) is 1. The van der Waals surface area contributed by atoms with Gasteiger partial charge in [0.2, 0.25) is 17.7 Å². The van der Waals surface area contributed by atoms with Gasteiger partial charge in [0.25, 0.3) is 0 Å². The minimum Gasteiger partial charge on any atom is -0.360 e. The molecule has 1 spiro atoms. The van der Waals surface area contributed by atoms with Crippen LogP contribution in [0.3, 0.4) is 0 Å². The lowest BCUT2D eigenvalue weighted by atomic mass is 9.76. The first kappa shape index (κ1) is 16.6. The van der Waals surface area contributed by atoms with Crippen molar-refractivity contribution in [3.8, 4) is 0 Å². The standard InChI is InChI=1S/C18H25N3O4/c1-11(2)4-7-21-10-18-5-3-12(25-18)14(15(18)17(21)24)16(23)20-8-6-19-13(22)9-20/h3,5,11-12,14-15H,4,6-10H2,1-2H3,(H,19,22)/t12-,14?,15?,18-/m1/s1. The normalized spacial score (nSPS) is 36.4. The summed E-state index contributed by atoms with van der Waals surface area (Å²) in [7, 11) is 0. The molecule has 2 bridgehead atoms.